The van der Waals surface area contributed by atoms with E-state index in [0.29, 0.717) is 30.4 Å². The highest BCUT2D eigenvalue weighted by Gasteiger charge is 2.45. The number of piperidine rings is 1. The molecule has 3 fully saturated rings. The molecule has 4 rings (SSSR count). The lowest BCUT2D eigenvalue weighted by Gasteiger charge is -2.57. The summed E-state index contributed by atoms with van der Waals surface area (Å²) in [6.07, 6.45) is 2.94. The molecule has 0 spiro atoms. The van der Waals surface area contributed by atoms with Gasteiger partial charge in [-0.25, -0.2) is 4.39 Å². The van der Waals surface area contributed by atoms with Crippen LogP contribution in [-0.4, -0.2) is 46.0 Å². The van der Waals surface area contributed by atoms with Crippen molar-refractivity contribution in [1.82, 2.24) is 14.8 Å². The summed E-state index contributed by atoms with van der Waals surface area (Å²) in [6.45, 7) is 7.38. The second-order valence-electron chi connectivity index (χ2n) is 5.70. The Morgan fingerprint density at radius 3 is 2.72 bits per heavy atom. The topological polar surface area (TPSA) is 19.4 Å². The summed E-state index contributed by atoms with van der Waals surface area (Å²) in [5, 5.41) is 0. The van der Waals surface area contributed by atoms with Gasteiger partial charge in [0.15, 0.2) is 0 Å². The van der Waals surface area contributed by atoms with E-state index in [-0.39, 0.29) is 5.82 Å². The molecule has 1 aromatic rings. The molecule has 3 saturated heterocycles. The molecule has 4 heteroatoms. The Morgan fingerprint density at radius 2 is 2.11 bits per heavy atom. The first-order valence-corrected chi connectivity index (χ1v) is 6.74. The van der Waals surface area contributed by atoms with Crippen molar-refractivity contribution in [3.8, 4) is 0 Å². The Kier molecular flexibility index (Phi) is 3.08. The summed E-state index contributed by atoms with van der Waals surface area (Å²) in [5.74, 6) is -0.178. The van der Waals surface area contributed by atoms with E-state index in [9.17, 15) is 4.39 Å². The lowest BCUT2D eigenvalue weighted by Crippen LogP contribution is -2.69. The molecule has 2 atom stereocenters. The van der Waals surface area contributed by atoms with Gasteiger partial charge in [-0.05, 0) is 32.4 Å². The normalized spacial score (nSPS) is 28.4. The van der Waals surface area contributed by atoms with E-state index in [0.717, 1.165) is 13.1 Å². The number of pyridine rings is 1. The molecule has 1 aromatic heterocycles. The van der Waals surface area contributed by atoms with Gasteiger partial charge in [-0.3, -0.25) is 14.8 Å². The van der Waals surface area contributed by atoms with Gasteiger partial charge in [-0.1, -0.05) is 0 Å². The number of aromatic nitrogens is 1. The number of piperazine rings is 1. The predicted octanol–water partition coefficient (Wildman–Crippen LogP) is 1.89. The van der Waals surface area contributed by atoms with Crippen molar-refractivity contribution in [3.63, 3.8) is 0 Å². The minimum atomic E-state index is -0.178. The molecule has 3 aliphatic rings. The van der Waals surface area contributed by atoms with Gasteiger partial charge in [0.2, 0.25) is 0 Å². The third-order valence-corrected chi connectivity index (χ3v) is 4.27. The fourth-order valence-electron chi connectivity index (χ4n) is 3.11. The van der Waals surface area contributed by atoms with Gasteiger partial charge in [-0.15, -0.1) is 0 Å². The number of nitrogens with zero attached hydrogens (tertiary/aromatic N) is 3. The molecule has 3 nitrogen and oxygen atoms in total. The largest absolute Gasteiger partial charge is 0.298 e. The van der Waals surface area contributed by atoms with Crippen LogP contribution in [0.15, 0.2) is 18.3 Å². The van der Waals surface area contributed by atoms with Gasteiger partial charge in [0.25, 0.3) is 0 Å². The number of rotatable bonds is 3. The Bertz CT molecular complexity index is 423. The number of halogens is 1. The maximum Gasteiger partial charge on any atom is 0.146 e. The quantitative estimate of drug-likeness (QED) is 0.815. The summed E-state index contributed by atoms with van der Waals surface area (Å²) < 4.78 is 13.6. The first-order chi connectivity index (χ1) is 8.65. The Balaban J connectivity index is 1.66. The van der Waals surface area contributed by atoms with E-state index in [2.05, 4.69) is 28.6 Å². The maximum absolute atomic E-state index is 13.6. The SMILES string of the molecule is CC(C)N1CC2CC(C1)N2Cc1ncccc1F. The van der Waals surface area contributed by atoms with Crippen molar-refractivity contribution >= 4 is 0 Å². The lowest BCUT2D eigenvalue weighted by atomic mass is 9.86. The number of hydrogen-bond acceptors (Lipinski definition) is 3. The number of hydrogen-bond donors (Lipinski definition) is 0. The van der Waals surface area contributed by atoms with Crippen LogP contribution in [0.3, 0.4) is 0 Å². The highest BCUT2D eigenvalue weighted by Crippen LogP contribution is 2.34. The Labute approximate surface area is 108 Å². The van der Waals surface area contributed by atoms with Crippen molar-refractivity contribution < 1.29 is 4.39 Å². The molecule has 18 heavy (non-hydrogen) atoms. The Hall–Kier alpha value is -1.00. The van der Waals surface area contributed by atoms with Crippen LogP contribution in [0.1, 0.15) is 26.0 Å². The van der Waals surface area contributed by atoms with Crippen LogP contribution in [0.4, 0.5) is 4.39 Å². The molecule has 2 unspecified atom stereocenters. The fourth-order valence-corrected chi connectivity index (χ4v) is 3.11. The molecule has 0 aromatic carbocycles. The summed E-state index contributed by atoms with van der Waals surface area (Å²) >= 11 is 0. The molecular weight excluding hydrogens is 229 g/mol. The first-order valence-electron chi connectivity index (χ1n) is 6.74. The van der Waals surface area contributed by atoms with Crippen LogP contribution in [0.5, 0.6) is 0 Å². The van der Waals surface area contributed by atoms with E-state index in [4.69, 9.17) is 0 Å². The van der Waals surface area contributed by atoms with Crippen LogP contribution in [0, 0.1) is 5.82 Å². The van der Waals surface area contributed by atoms with Gasteiger partial charge in [-0.2, -0.15) is 0 Å². The molecule has 0 radical (unpaired) electrons. The minimum Gasteiger partial charge on any atom is -0.298 e. The third kappa shape index (κ3) is 2.04. The minimum absolute atomic E-state index is 0.178. The average molecular weight is 249 g/mol. The first kappa shape index (κ1) is 12.1. The summed E-state index contributed by atoms with van der Waals surface area (Å²) in [6, 6.07) is 4.94. The van der Waals surface area contributed by atoms with Crippen molar-refractivity contribution in [2.45, 2.75) is 44.9 Å². The van der Waals surface area contributed by atoms with E-state index >= 15 is 0 Å². The van der Waals surface area contributed by atoms with Crippen LogP contribution >= 0.6 is 0 Å². The standard InChI is InChI=1S/C14H20FN3/c1-10(2)17-7-11-6-12(8-17)18(11)9-14-13(15)4-3-5-16-14/h3-5,10-12H,6-9H2,1-2H3. The maximum atomic E-state index is 13.6. The van der Waals surface area contributed by atoms with Crippen molar-refractivity contribution in [1.29, 1.82) is 0 Å². The second kappa shape index (κ2) is 4.59. The highest BCUT2D eigenvalue weighted by atomic mass is 19.1. The molecule has 98 valence electrons. The Morgan fingerprint density at radius 1 is 1.39 bits per heavy atom. The lowest BCUT2D eigenvalue weighted by molar-refractivity contribution is -0.0845. The molecule has 0 amide bonds. The van der Waals surface area contributed by atoms with Crippen LogP contribution in [-0.2, 0) is 6.54 Å². The fraction of sp³-hybridized carbons (Fsp3) is 0.643. The smallest absolute Gasteiger partial charge is 0.146 e. The monoisotopic (exact) mass is 249 g/mol. The zero-order chi connectivity index (χ0) is 12.7. The van der Waals surface area contributed by atoms with Gasteiger partial charge < -0.3 is 0 Å². The zero-order valence-electron chi connectivity index (χ0n) is 11.0. The summed E-state index contributed by atoms with van der Waals surface area (Å²) in [4.78, 5) is 9.08. The molecule has 2 bridgehead atoms. The molecule has 3 aliphatic heterocycles. The van der Waals surface area contributed by atoms with Crippen molar-refractivity contribution in [3.05, 3.63) is 29.8 Å². The van der Waals surface area contributed by atoms with Crippen LogP contribution in [0.25, 0.3) is 0 Å². The van der Waals surface area contributed by atoms with Crippen LogP contribution < -0.4 is 0 Å². The third-order valence-electron chi connectivity index (χ3n) is 4.27. The van der Waals surface area contributed by atoms with Crippen molar-refractivity contribution in [2.75, 3.05) is 13.1 Å². The van der Waals surface area contributed by atoms with Crippen molar-refractivity contribution in [2.24, 2.45) is 0 Å². The van der Waals surface area contributed by atoms with Gasteiger partial charge in [0.05, 0.1) is 5.69 Å². The molecule has 0 aliphatic carbocycles. The predicted molar refractivity (Wildman–Crippen MR) is 68.6 cm³/mol. The van der Waals surface area contributed by atoms with E-state index in [1.54, 1.807) is 12.3 Å². The molecular formula is C14H20FN3. The van der Waals surface area contributed by atoms with E-state index < -0.39 is 0 Å². The molecule has 4 heterocycles. The van der Waals surface area contributed by atoms with Crippen LogP contribution in [0.2, 0.25) is 0 Å². The molecule has 0 saturated carbocycles. The molecule has 0 N–H and O–H groups in total. The van der Waals surface area contributed by atoms with Gasteiger partial charge >= 0.3 is 0 Å². The number of fused-ring (bicyclic) bond motifs is 2. The van der Waals surface area contributed by atoms with Gasteiger partial charge in [0.1, 0.15) is 5.82 Å². The van der Waals surface area contributed by atoms with E-state index in [1.165, 1.54) is 12.5 Å². The second-order valence-corrected chi connectivity index (χ2v) is 5.70. The highest BCUT2D eigenvalue weighted by molar-refractivity contribution is 5.10. The summed E-state index contributed by atoms with van der Waals surface area (Å²) in [7, 11) is 0. The van der Waals surface area contributed by atoms with Gasteiger partial charge in [0, 0.05) is 44.0 Å². The van der Waals surface area contributed by atoms with E-state index in [1.807, 2.05) is 0 Å². The average Bonchev–Trinajstić information content (AvgIpc) is 2.37. The zero-order valence-corrected chi connectivity index (χ0v) is 11.0. The summed E-state index contributed by atoms with van der Waals surface area (Å²) in [5.41, 5.74) is 0.588.